The van der Waals surface area contributed by atoms with Gasteiger partial charge in [-0.2, -0.15) is 0 Å². The van der Waals surface area contributed by atoms with E-state index in [1.807, 2.05) is 18.2 Å². The van der Waals surface area contributed by atoms with Crippen LogP contribution < -0.4 is 5.30 Å². The van der Waals surface area contributed by atoms with Crippen molar-refractivity contribution < 1.29 is 0 Å². The third-order valence-electron chi connectivity index (χ3n) is 1.77. The molecule has 1 rings (SSSR count). The van der Waals surface area contributed by atoms with Gasteiger partial charge in [-0.05, 0) is 0 Å². The van der Waals surface area contributed by atoms with Gasteiger partial charge in [0.05, 0.1) is 0 Å². The molecule has 3 heteroatoms. The van der Waals surface area contributed by atoms with Gasteiger partial charge in [0.25, 0.3) is 0 Å². The van der Waals surface area contributed by atoms with Crippen molar-refractivity contribution in [2.24, 2.45) is 0 Å². The van der Waals surface area contributed by atoms with Gasteiger partial charge in [-0.15, -0.1) is 0 Å². The van der Waals surface area contributed by atoms with Crippen LogP contribution in [0.3, 0.4) is 0 Å². The van der Waals surface area contributed by atoms with Gasteiger partial charge in [-0.25, -0.2) is 0 Å². The van der Waals surface area contributed by atoms with E-state index in [-0.39, 0.29) is 0 Å². The van der Waals surface area contributed by atoms with Gasteiger partial charge in [0.1, 0.15) is 0 Å². The Kier molecular flexibility index (Phi) is 3.61. The number of halogens is 1. The average molecular weight is 266 g/mol. The van der Waals surface area contributed by atoms with Crippen LogP contribution in [-0.4, -0.2) is 20.8 Å². The number of benzene rings is 1. The van der Waals surface area contributed by atoms with Crippen molar-refractivity contribution in [3.63, 3.8) is 0 Å². The summed E-state index contributed by atoms with van der Waals surface area (Å²) >= 11 is 9.60. The second-order valence-electron chi connectivity index (χ2n) is 3.01. The number of rotatable bonds is 2. The summed E-state index contributed by atoms with van der Waals surface area (Å²) in [5.41, 5.74) is 0.501. The quantitative estimate of drug-likeness (QED) is 0.570. The fourth-order valence-corrected chi connectivity index (χ4v) is 3.21. The SMILES string of the molecule is CC(C)P(Cl)(=[Se])c1ccccc1. The van der Waals surface area contributed by atoms with Gasteiger partial charge < -0.3 is 0 Å². The van der Waals surface area contributed by atoms with Crippen molar-refractivity contribution in [3.05, 3.63) is 30.3 Å². The van der Waals surface area contributed by atoms with Gasteiger partial charge in [-0.1, -0.05) is 0 Å². The van der Waals surface area contributed by atoms with Crippen molar-refractivity contribution in [3.8, 4) is 0 Å². The molecule has 0 saturated carbocycles. The number of hydrogen-bond acceptors (Lipinski definition) is 0. The van der Waals surface area contributed by atoms with E-state index in [1.54, 1.807) is 0 Å². The molecule has 0 aliphatic rings. The minimum atomic E-state index is -1.52. The van der Waals surface area contributed by atoms with Crippen molar-refractivity contribution >= 4 is 36.5 Å². The molecule has 0 aliphatic heterocycles. The first kappa shape index (κ1) is 10.5. The Morgan fingerprint density at radius 2 is 1.75 bits per heavy atom. The molecule has 1 unspecified atom stereocenters. The van der Waals surface area contributed by atoms with E-state index in [4.69, 9.17) is 11.2 Å². The summed E-state index contributed by atoms with van der Waals surface area (Å²) in [5, 5.41) is 1.25. The molecular formula is C9H12ClPSe. The second-order valence-corrected chi connectivity index (χ2v) is 12.3. The third kappa shape index (κ3) is 2.24. The van der Waals surface area contributed by atoms with E-state index < -0.39 is 4.86 Å². The summed E-state index contributed by atoms with van der Waals surface area (Å²) in [6.07, 6.45) is 0. The first-order chi connectivity index (χ1) is 5.55. The van der Waals surface area contributed by atoms with Crippen LogP contribution in [0.25, 0.3) is 0 Å². The predicted octanol–water partition coefficient (Wildman–Crippen LogP) is 2.98. The van der Waals surface area contributed by atoms with Crippen LogP contribution in [0.1, 0.15) is 13.8 Å². The van der Waals surface area contributed by atoms with Gasteiger partial charge in [-0.3, -0.25) is 0 Å². The molecule has 0 bridgehead atoms. The van der Waals surface area contributed by atoms with Crippen molar-refractivity contribution in [1.29, 1.82) is 0 Å². The molecule has 0 aromatic heterocycles. The van der Waals surface area contributed by atoms with E-state index >= 15 is 0 Å². The molecule has 0 aliphatic carbocycles. The fraction of sp³-hybridized carbons (Fsp3) is 0.333. The van der Waals surface area contributed by atoms with Crippen LogP contribution in [0.15, 0.2) is 30.3 Å². The van der Waals surface area contributed by atoms with Crippen LogP contribution in [0.2, 0.25) is 0 Å². The van der Waals surface area contributed by atoms with E-state index in [0.29, 0.717) is 5.66 Å². The molecule has 0 nitrogen and oxygen atoms in total. The molecular weight excluding hydrogens is 253 g/mol. The van der Waals surface area contributed by atoms with Gasteiger partial charge in [0.2, 0.25) is 0 Å². The van der Waals surface area contributed by atoms with Crippen molar-refractivity contribution in [1.82, 2.24) is 0 Å². The Balaban J connectivity index is 3.07. The Bertz CT molecular complexity index is 295. The summed E-state index contributed by atoms with van der Waals surface area (Å²) in [7, 11) is 0. The van der Waals surface area contributed by atoms with Crippen LogP contribution in [0.4, 0.5) is 0 Å². The summed E-state index contributed by atoms with van der Waals surface area (Å²) in [5.74, 6) is 0. The van der Waals surface area contributed by atoms with Gasteiger partial charge in [0.15, 0.2) is 0 Å². The van der Waals surface area contributed by atoms with Crippen LogP contribution >= 0.6 is 16.1 Å². The van der Waals surface area contributed by atoms with Crippen LogP contribution in [0, 0.1) is 0 Å². The molecule has 0 fully saturated rings. The molecule has 0 saturated heterocycles. The Hall–Kier alpha value is 0.459. The van der Waals surface area contributed by atoms with E-state index in [9.17, 15) is 0 Å². The molecule has 0 N–H and O–H groups in total. The molecule has 0 radical (unpaired) electrons. The maximum atomic E-state index is 6.45. The summed E-state index contributed by atoms with van der Waals surface area (Å²) in [4.78, 5) is -1.52. The molecule has 12 heavy (non-hydrogen) atoms. The minimum absolute atomic E-state index is 0.501. The molecule has 1 aromatic carbocycles. The average Bonchev–Trinajstić information content (AvgIpc) is 2.06. The van der Waals surface area contributed by atoms with E-state index in [1.165, 1.54) is 5.30 Å². The maximum absolute atomic E-state index is 6.45. The molecule has 1 aromatic rings. The zero-order valence-electron chi connectivity index (χ0n) is 7.20. The molecule has 66 valence electrons. The van der Waals surface area contributed by atoms with Crippen molar-refractivity contribution in [2.45, 2.75) is 19.5 Å². The van der Waals surface area contributed by atoms with E-state index in [2.05, 4.69) is 41.1 Å². The second kappa shape index (κ2) is 4.11. The predicted molar refractivity (Wildman–Crippen MR) is 59.7 cm³/mol. The van der Waals surface area contributed by atoms with E-state index in [0.717, 1.165) is 0 Å². The topological polar surface area (TPSA) is 0 Å². The molecule has 0 amide bonds. The normalized spacial score (nSPS) is 16.0. The molecule has 0 heterocycles. The zero-order valence-corrected chi connectivity index (χ0v) is 10.6. The fourth-order valence-electron chi connectivity index (χ4n) is 0.929. The Labute approximate surface area is 86.3 Å². The summed E-state index contributed by atoms with van der Waals surface area (Å²) < 4.78 is 0. The Morgan fingerprint density at radius 3 is 2.17 bits per heavy atom. The van der Waals surface area contributed by atoms with Gasteiger partial charge >= 0.3 is 86.3 Å². The monoisotopic (exact) mass is 266 g/mol. The van der Waals surface area contributed by atoms with Crippen LogP contribution in [0.5, 0.6) is 0 Å². The molecule has 0 spiro atoms. The Morgan fingerprint density at radius 1 is 1.25 bits per heavy atom. The molecule has 1 atom stereocenters. The third-order valence-corrected chi connectivity index (χ3v) is 9.84. The first-order valence-electron chi connectivity index (χ1n) is 3.90. The van der Waals surface area contributed by atoms with Crippen molar-refractivity contribution in [2.75, 3.05) is 0 Å². The number of hydrogen-bond donors (Lipinski definition) is 0. The summed E-state index contributed by atoms with van der Waals surface area (Å²) in [6, 6.07) is 10.3. The van der Waals surface area contributed by atoms with Gasteiger partial charge in [0, 0.05) is 0 Å². The summed E-state index contributed by atoms with van der Waals surface area (Å²) in [6.45, 7) is 4.31. The van der Waals surface area contributed by atoms with Crippen LogP contribution in [-0.2, 0) is 0 Å². The first-order valence-corrected chi connectivity index (χ1v) is 8.88. The standard InChI is InChI=1S/C9H12ClPSe/c1-8(2)11(10,12)9-6-4-3-5-7-9/h3-8H,1-2H3. The zero-order chi connectivity index (χ0) is 9.19.